The van der Waals surface area contributed by atoms with Gasteiger partial charge in [-0.25, -0.2) is 4.79 Å². The van der Waals surface area contributed by atoms with Crippen LogP contribution in [0.5, 0.6) is 11.5 Å². The maximum Gasteiger partial charge on any atom is 0.341 e. The van der Waals surface area contributed by atoms with Gasteiger partial charge in [0.1, 0.15) is 11.5 Å². The van der Waals surface area contributed by atoms with E-state index in [0.29, 0.717) is 18.8 Å². The van der Waals surface area contributed by atoms with Gasteiger partial charge in [-0.1, -0.05) is 6.42 Å². The number of aryl methyl sites for hydroxylation is 1. The monoisotopic (exact) mass is 427 g/mol. The molecule has 1 aromatic heterocycles. The zero-order chi connectivity index (χ0) is 22.5. The summed E-state index contributed by atoms with van der Waals surface area (Å²) in [6.45, 7) is 8.35. The molecule has 0 spiro atoms. The minimum atomic E-state index is -0.992. The van der Waals surface area contributed by atoms with Gasteiger partial charge in [-0.05, 0) is 87.4 Å². The molecule has 1 saturated carbocycles. The third-order valence-corrected chi connectivity index (χ3v) is 6.29. The predicted molar refractivity (Wildman–Crippen MR) is 119 cm³/mol. The van der Waals surface area contributed by atoms with Gasteiger partial charge < -0.3 is 19.7 Å². The molecule has 2 unspecified atom stereocenters. The molecule has 0 amide bonds. The summed E-state index contributed by atoms with van der Waals surface area (Å²) in [4.78, 5) is 15.7. The third kappa shape index (κ3) is 5.56. The van der Waals surface area contributed by atoms with Crippen LogP contribution < -0.4 is 4.74 Å². The van der Waals surface area contributed by atoms with E-state index in [1.807, 2.05) is 39.8 Å². The van der Waals surface area contributed by atoms with Crippen molar-refractivity contribution in [1.82, 2.24) is 4.98 Å². The van der Waals surface area contributed by atoms with Crippen molar-refractivity contribution in [2.75, 3.05) is 13.2 Å². The summed E-state index contributed by atoms with van der Waals surface area (Å²) in [5.41, 5.74) is 5.89. The first kappa shape index (κ1) is 23.1. The molecule has 1 aliphatic carbocycles. The minimum Gasteiger partial charge on any atom is -0.506 e. The van der Waals surface area contributed by atoms with Crippen LogP contribution in [0.15, 0.2) is 18.2 Å². The first-order valence-corrected chi connectivity index (χ1v) is 11.0. The number of pyridine rings is 1. The number of nitrogens with zero attached hydrogens (tertiary/aromatic N) is 1. The Morgan fingerprint density at radius 2 is 1.97 bits per heavy atom. The van der Waals surface area contributed by atoms with E-state index >= 15 is 0 Å². The molecule has 2 N–H and O–H groups in total. The number of benzene rings is 1. The average molecular weight is 428 g/mol. The molecule has 0 aliphatic heterocycles. The zero-order valence-corrected chi connectivity index (χ0v) is 18.9. The molecule has 0 bridgehead atoms. The summed E-state index contributed by atoms with van der Waals surface area (Å²) in [7, 11) is 0. The number of aromatic hydroxyl groups is 1. The van der Waals surface area contributed by atoms with E-state index in [1.54, 1.807) is 6.07 Å². The van der Waals surface area contributed by atoms with E-state index in [-0.39, 0.29) is 24.4 Å². The first-order chi connectivity index (χ1) is 14.8. The predicted octanol–water partition coefficient (Wildman–Crippen LogP) is 4.83. The van der Waals surface area contributed by atoms with E-state index in [9.17, 15) is 9.90 Å². The SMILES string of the molecule is CCOC1CCCC(c2nc(Cc3c(C)cc(OCC(=O)O)c(C)c3C)ccc2O)C1. The molecule has 168 valence electrons. The van der Waals surface area contributed by atoms with Crippen molar-refractivity contribution in [2.24, 2.45) is 0 Å². The normalized spacial score (nSPS) is 18.7. The van der Waals surface area contributed by atoms with Crippen LogP contribution in [0.1, 0.15) is 72.2 Å². The number of rotatable bonds is 8. The van der Waals surface area contributed by atoms with Gasteiger partial charge in [0.15, 0.2) is 6.61 Å². The van der Waals surface area contributed by atoms with Gasteiger partial charge in [0.2, 0.25) is 0 Å². The fourth-order valence-corrected chi connectivity index (χ4v) is 4.53. The molecule has 1 aliphatic rings. The molecule has 0 saturated heterocycles. The number of carboxylic acid groups (broad SMARTS) is 1. The van der Waals surface area contributed by atoms with Crippen molar-refractivity contribution in [3.05, 3.63) is 51.8 Å². The lowest BCUT2D eigenvalue weighted by atomic mass is 9.84. The van der Waals surface area contributed by atoms with Crippen LogP contribution in [-0.4, -0.2) is 40.5 Å². The highest BCUT2D eigenvalue weighted by Gasteiger charge is 2.27. The van der Waals surface area contributed by atoms with E-state index in [2.05, 4.69) is 0 Å². The standard InChI is InChI=1S/C25H33NO5/c1-5-30-20-8-6-7-18(12-20)25-22(27)10-9-19(26-25)13-21-15(2)11-23(17(4)16(21)3)31-14-24(28)29/h9-11,18,20,27H,5-8,12-14H2,1-4H3,(H,28,29). The number of ether oxygens (including phenoxy) is 2. The second-order valence-corrected chi connectivity index (χ2v) is 8.43. The summed E-state index contributed by atoms with van der Waals surface area (Å²) in [5, 5.41) is 19.4. The molecule has 1 aromatic carbocycles. The highest BCUT2D eigenvalue weighted by atomic mass is 16.5. The van der Waals surface area contributed by atoms with E-state index < -0.39 is 5.97 Å². The van der Waals surface area contributed by atoms with E-state index in [4.69, 9.17) is 19.6 Å². The van der Waals surface area contributed by atoms with Crippen molar-refractivity contribution in [2.45, 2.75) is 71.8 Å². The van der Waals surface area contributed by atoms with Gasteiger partial charge in [0.25, 0.3) is 0 Å². The Hall–Kier alpha value is -2.60. The van der Waals surface area contributed by atoms with Gasteiger partial charge in [-0.15, -0.1) is 0 Å². The highest BCUT2D eigenvalue weighted by Crippen LogP contribution is 2.37. The summed E-state index contributed by atoms with van der Waals surface area (Å²) in [6.07, 6.45) is 4.94. The average Bonchev–Trinajstić information content (AvgIpc) is 2.74. The van der Waals surface area contributed by atoms with Gasteiger partial charge in [0, 0.05) is 24.6 Å². The van der Waals surface area contributed by atoms with Crippen LogP contribution in [0.3, 0.4) is 0 Å². The van der Waals surface area contributed by atoms with Gasteiger partial charge >= 0.3 is 5.97 Å². The lowest BCUT2D eigenvalue weighted by Gasteiger charge is -2.29. The number of carbonyl (C=O) groups is 1. The van der Waals surface area contributed by atoms with Crippen molar-refractivity contribution in [3.8, 4) is 11.5 Å². The fourth-order valence-electron chi connectivity index (χ4n) is 4.53. The van der Waals surface area contributed by atoms with Crippen LogP contribution in [0.25, 0.3) is 0 Å². The molecule has 3 rings (SSSR count). The third-order valence-electron chi connectivity index (χ3n) is 6.29. The lowest BCUT2D eigenvalue weighted by molar-refractivity contribution is -0.139. The molecule has 0 radical (unpaired) electrons. The maximum atomic E-state index is 10.8. The summed E-state index contributed by atoms with van der Waals surface area (Å²) in [5.74, 6) is 0.0764. The molecule has 6 heteroatoms. The van der Waals surface area contributed by atoms with Crippen LogP contribution in [-0.2, 0) is 16.0 Å². The van der Waals surface area contributed by atoms with Crippen molar-refractivity contribution in [1.29, 1.82) is 0 Å². The summed E-state index contributed by atoms with van der Waals surface area (Å²) in [6, 6.07) is 5.53. The molecule has 2 aromatic rings. The Morgan fingerprint density at radius 1 is 1.19 bits per heavy atom. The van der Waals surface area contributed by atoms with Crippen LogP contribution in [0, 0.1) is 20.8 Å². The van der Waals surface area contributed by atoms with Crippen LogP contribution in [0.2, 0.25) is 0 Å². The quantitative estimate of drug-likeness (QED) is 0.627. The Balaban J connectivity index is 1.84. The molecule has 1 fully saturated rings. The van der Waals surface area contributed by atoms with Gasteiger partial charge in [0.05, 0.1) is 11.8 Å². The molecular weight excluding hydrogens is 394 g/mol. The van der Waals surface area contributed by atoms with Gasteiger partial charge in [-0.3, -0.25) is 4.98 Å². The van der Waals surface area contributed by atoms with Crippen molar-refractivity contribution < 1.29 is 24.5 Å². The lowest BCUT2D eigenvalue weighted by Crippen LogP contribution is -2.22. The van der Waals surface area contributed by atoms with E-state index in [1.165, 1.54) is 0 Å². The Bertz CT molecular complexity index is 938. The second-order valence-electron chi connectivity index (χ2n) is 8.43. The fraction of sp³-hybridized carbons (Fsp3) is 0.520. The Kier molecular flexibility index (Phi) is 7.55. The number of hydrogen-bond acceptors (Lipinski definition) is 5. The number of aromatic nitrogens is 1. The zero-order valence-electron chi connectivity index (χ0n) is 18.9. The summed E-state index contributed by atoms with van der Waals surface area (Å²) >= 11 is 0. The molecule has 6 nitrogen and oxygen atoms in total. The second kappa shape index (κ2) is 10.1. The summed E-state index contributed by atoms with van der Waals surface area (Å²) < 4.78 is 11.3. The van der Waals surface area contributed by atoms with Crippen molar-refractivity contribution in [3.63, 3.8) is 0 Å². The minimum absolute atomic E-state index is 0.209. The van der Waals surface area contributed by atoms with E-state index in [0.717, 1.165) is 59.3 Å². The van der Waals surface area contributed by atoms with Crippen LogP contribution >= 0.6 is 0 Å². The highest BCUT2D eigenvalue weighted by molar-refractivity contribution is 5.68. The largest absolute Gasteiger partial charge is 0.506 e. The first-order valence-electron chi connectivity index (χ1n) is 11.0. The number of carboxylic acids is 1. The molecular formula is C25H33NO5. The smallest absolute Gasteiger partial charge is 0.341 e. The van der Waals surface area contributed by atoms with Gasteiger partial charge in [-0.2, -0.15) is 0 Å². The number of aliphatic carboxylic acids is 1. The topological polar surface area (TPSA) is 88.9 Å². The Labute approximate surface area is 184 Å². The maximum absolute atomic E-state index is 10.8. The van der Waals surface area contributed by atoms with Crippen LogP contribution in [0.4, 0.5) is 0 Å². The Morgan fingerprint density at radius 3 is 2.68 bits per heavy atom. The van der Waals surface area contributed by atoms with Crippen molar-refractivity contribution >= 4 is 5.97 Å². The number of hydrogen-bond donors (Lipinski definition) is 2. The molecule has 2 atom stereocenters. The molecule has 31 heavy (non-hydrogen) atoms. The molecule has 1 heterocycles.